The number of para-hydroxylation sites is 3. The minimum atomic E-state index is -0.304. The van der Waals surface area contributed by atoms with E-state index in [4.69, 9.17) is 4.74 Å². The van der Waals surface area contributed by atoms with Crippen LogP contribution in [-0.4, -0.2) is 17.9 Å². The highest BCUT2D eigenvalue weighted by molar-refractivity contribution is 6.04. The minimum Gasteiger partial charge on any atom is -0.489 e. The van der Waals surface area contributed by atoms with Crippen LogP contribution in [-0.2, 0) is 16.0 Å². The molecule has 2 N–H and O–H groups in total. The zero-order chi connectivity index (χ0) is 20.3. The van der Waals surface area contributed by atoms with Crippen LogP contribution in [0.2, 0.25) is 0 Å². The van der Waals surface area contributed by atoms with Crippen LogP contribution in [0.15, 0.2) is 42.5 Å². The summed E-state index contributed by atoms with van der Waals surface area (Å²) in [5.74, 6) is -0.181. The average molecular weight is 380 g/mol. The Morgan fingerprint density at radius 2 is 1.71 bits per heavy atom. The van der Waals surface area contributed by atoms with Crippen molar-refractivity contribution in [3.63, 3.8) is 0 Å². The third kappa shape index (κ3) is 4.53. The summed E-state index contributed by atoms with van der Waals surface area (Å²) in [6, 6.07) is 13.4. The lowest BCUT2D eigenvalue weighted by molar-refractivity contribution is -0.122. The van der Waals surface area contributed by atoms with Gasteiger partial charge in [-0.05, 0) is 56.9 Å². The Kier molecular flexibility index (Phi) is 6.02. The predicted octanol–water partition coefficient (Wildman–Crippen LogP) is 4.56. The molecule has 0 aliphatic heterocycles. The summed E-state index contributed by atoms with van der Waals surface area (Å²) in [6.45, 7) is 7.93. The monoisotopic (exact) mass is 380 g/mol. The van der Waals surface area contributed by atoms with E-state index in [1.165, 1.54) is 0 Å². The van der Waals surface area contributed by atoms with Crippen LogP contribution in [0.5, 0.6) is 5.75 Å². The van der Waals surface area contributed by atoms with E-state index in [2.05, 4.69) is 17.6 Å². The quantitative estimate of drug-likeness (QED) is 0.740. The maximum atomic E-state index is 12.7. The van der Waals surface area contributed by atoms with Gasteiger partial charge in [-0.25, -0.2) is 0 Å². The summed E-state index contributed by atoms with van der Waals surface area (Å²) in [5, 5.41) is 5.95. The first kappa shape index (κ1) is 19.9. The maximum Gasteiger partial charge on any atom is 0.228 e. The normalized spacial score (nSPS) is 17.9. The highest BCUT2D eigenvalue weighted by Gasteiger charge is 2.48. The Bertz CT molecular complexity index is 876. The molecular formula is C23H28N2O3. The summed E-state index contributed by atoms with van der Waals surface area (Å²) in [7, 11) is 0. The van der Waals surface area contributed by atoms with Gasteiger partial charge >= 0.3 is 0 Å². The first-order valence-corrected chi connectivity index (χ1v) is 9.86. The molecule has 0 radical (unpaired) electrons. The van der Waals surface area contributed by atoms with E-state index in [1.54, 1.807) is 0 Å². The van der Waals surface area contributed by atoms with Crippen LogP contribution < -0.4 is 15.4 Å². The van der Waals surface area contributed by atoms with E-state index in [9.17, 15) is 9.59 Å². The lowest BCUT2D eigenvalue weighted by Crippen LogP contribution is -2.22. The van der Waals surface area contributed by atoms with Gasteiger partial charge in [0.15, 0.2) is 0 Å². The molecule has 3 rings (SSSR count). The molecule has 0 saturated heterocycles. The number of hydrogen-bond donors (Lipinski definition) is 2. The summed E-state index contributed by atoms with van der Waals surface area (Å²) in [6.07, 6.45) is 1.43. The van der Waals surface area contributed by atoms with E-state index in [0.717, 1.165) is 23.2 Å². The summed E-state index contributed by atoms with van der Waals surface area (Å²) in [5.41, 5.74) is 3.65. The molecule has 0 aromatic heterocycles. The minimum absolute atomic E-state index is 0.0133. The zero-order valence-corrected chi connectivity index (χ0v) is 16.9. The molecule has 0 heterocycles. The fourth-order valence-corrected chi connectivity index (χ4v) is 3.34. The highest BCUT2D eigenvalue weighted by Crippen LogP contribution is 2.41. The summed E-state index contributed by atoms with van der Waals surface area (Å²) < 4.78 is 5.74. The Balaban J connectivity index is 1.63. The molecule has 2 amide bonds. The predicted molar refractivity (Wildman–Crippen MR) is 112 cm³/mol. The fraction of sp³-hybridized carbons (Fsp3) is 0.391. The Morgan fingerprint density at radius 1 is 1.04 bits per heavy atom. The van der Waals surface area contributed by atoms with E-state index >= 15 is 0 Å². The molecule has 5 heteroatoms. The van der Waals surface area contributed by atoms with E-state index in [1.807, 2.05) is 63.2 Å². The van der Waals surface area contributed by atoms with Crippen molar-refractivity contribution in [3.8, 4) is 5.75 Å². The highest BCUT2D eigenvalue weighted by atomic mass is 16.5. The summed E-state index contributed by atoms with van der Waals surface area (Å²) >= 11 is 0. The molecule has 0 bridgehead atoms. The molecule has 2 atom stereocenters. The van der Waals surface area contributed by atoms with Crippen molar-refractivity contribution in [1.29, 1.82) is 0 Å². The zero-order valence-electron chi connectivity index (χ0n) is 16.9. The number of amides is 2. The van der Waals surface area contributed by atoms with Crippen molar-refractivity contribution in [2.24, 2.45) is 11.8 Å². The lowest BCUT2D eigenvalue weighted by atomic mass is 10.1. The molecule has 1 aliphatic carbocycles. The number of rotatable bonds is 7. The van der Waals surface area contributed by atoms with Crippen molar-refractivity contribution < 1.29 is 14.3 Å². The van der Waals surface area contributed by atoms with Gasteiger partial charge in [0.25, 0.3) is 0 Å². The van der Waals surface area contributed by atoms with Gasteiger partial charge in [0.1, 0.15) is 5.75 Å². The first-order chi connectivity index (χ1) is 13.4. The van der Waals surface area contributed by atoms with Gasteiger partial charge < -0.3 is 15.4 Å². The van der Waals surface area contributed by atoms with Gasteiger partial charge in [-0.15, -0.1) is 0 Å². The van der Waals surface area contributed by atoms with Crippen LogP contribution in [0, 0.1) is 18.8 Å². The molecule has 1 fully saturated rings. The molecule has 5 nitrogen and oxygen atoms in total. The fourth-order valence-electron chi connectivity index (χ4n) is 3.34. The molecule has 1 saturated carbocycles. The van der Waals surface area contributed by atoms with Crippen molar-refractivity contribution in [2.45, 2.75) is 46.6 Å². The SMILES string of the molecule is CCc1cccc(C)c1NC(=O)C1CC1C(=O)Nc1ccccc1OC(C)C. The molecule has 1 aliphatic rings. The molecule has 2 aromatic carbocycles. The van der Waals surface area contributed by atoms with E-state index in [-0.39, 0.29) is 29.8 Å². The van der Waals surface area contributed by atoms with Gasteiger partial charge in [0.2, 0.25) is 11.8 Å². The second-order valence-electron chi connectivity index (χ2n) is 7.55. The topological polar surface area (TPSA) is 67.4 Å². The second kappa shape index (κ2) is 8.46. The smallest absolute Gasteiger partial charge is 0.228 e. The third-order valence-electron chi connectivity index (χ3n) is 4.96. The van der Waals surface area contributed by atoms with Crippen LogP contribution in [0.25, 0.3) is 0 Å². The molecular weight excluding hydrogens is 352 g/mol. The largest absolute Gasteiger partial charge is 0.489 e. The number of nitrogens with one attached hydrogen (secondary N) is 2. The Labute approximate surface area is 166 Å². The first-order valence-electron chi connectivity index (χ1n) is 9.86. The Hall–Kier alpha value is -2.82. The third-order valence-corrected chi connectivity index (χ3v) is 4.96. The van der Waals surface area contributed by atoms with Crippen molar-refractivity contribution in [2.75, 3.05) is 10.6 Å². The van der Waals surface area contributed by atoms with Gasteiger partial charge in [-0.2, -0.15) is 0 Å². The number of hydrogen-bond acceptors (Lipinski definition) is 3. The van der Waals surface area contributed by atoms with Gasteiger partial charge in [0.05, 0.1) is 23.6 Å². The van der Waals surface area contributed by atoms with Gasteiger partial charge in [0, 0.05) is 5.69 Å². The number of aryl methyl sites for hydroxylation is 2. The number of ether oxygens (including phenoxy) is 1. The number of carbonyl (C=O) groups is 2. The number of carbonyl (C=O) groups excluding carboxylic acids is 2. The molecule has 2 unspecified atom stereocenters. The van der Waals surface area contributed by atoms with E-state index in [0.29, 0.717) is 17.9 Å². The van der Waals surface area contributed by atoms with Crippen LogP contribution in [0.3, 0.4) is 0 Å². The van der Waals surface area contributed by atoms with Crippen LogP contribution in [0.4, 0.5) is 11.4 Å². The lowest BCUT2D eigenvalue weighted by Gasteiger charge is -2.15. The van der Waals surface area contributed by atoms with Crippen molar-refractivity contribution >= 4 is 23.2 Å². The molecule has 0 spiro atoms. The number of benzene rings is 2. The average Bonchev–Trinajstić information content (AvgIpc) is 3.45. The standard InChI is InChI=1S/C23H28N2O3/c1-5-16-10-8-9-15(4)21(16)25-23(27)18-13-17(18)22(26)24-19-11-6-7-12-20(19)28-14(2)3/h6-12,14,17-18H,5,13H2,1-4H3,(H,24,26)(H,25,27). The van der Waals surface area contributed by atoms with E-state index < -0.39 is 0 Å². The van der Waals surface area contributed by atoms with Crippen LogP contribution in [0.1, 0.15) is 38.3 Å². The molecule has 2 aromatic rings. The maximum absolute atomic E-state index is 12.7. The van der Waals surface area contributed by atoms with Crippen molar-refractivity contribution in [3.05, 3.63) is 53.6 Å². The molecule has 148 valence electrons. The Morgan fingerprint density at radius 3 is 2.39 bits per heavy atom. The van der Waals surface area contributed by atoms with Gasteiger partial charge in [-0.1, -0.05) is 37.3 Å². The molecule has 28 heavy (non-hydrogen) atoms. The number of anilines is 2. The second-order valence-corrected chi connectivity index (χ2v) is 7.55. The van der Waals surface area contributed by atoms with Gasteiger partial charge in [-0.3, -0.25) is 9.59 Å². The van der Waals surface area contributed by atoms with Crippen LogP contribution >= 0.6 is 0 Å². The van der Waals surface area contributed by atoms with Crippen molar-refractivity contribution in [1.82, 2.24) is 0 Å². The summed E-state index contributed by atoms with van der Waals surface area (Å²) in [4.78, 5) is 25.3.